The van der Waals surface area contributed by atoms with Crippen molar-refractivity contribution in [1.29, 1.82) is 0 Å². The zero-order valence-electron chi connectivity index (χ0n) is 15.8. The number of amides is 1. The quantitative estimate of drug-likeness (QED) is 0.823. The standard InChI is InChI=1S/C19H22F2N2O3S/c1-11-6-9-15(27(25,26)23-19(3,4)5)17(21)16(11)18(24)22-13-7-8-14(20)12(2)10-13/h6-10,23H,1-5H3,(H,22,24). The molecule has 0 atom stereocenters. The summed E-state index contributed by atoms with van der Waals surface area (Å²) in [6.45, 7) is 7.91. The van der Waals surface area contributed by atoms with Gasteiger partial charge in [-0.05, 0) is 70.0 Å². The number of carbonyl (C=O) groups is 1. The molecule has 146 valence electrons. The number of hydrogen-bond donors (Lipinski definition) is 2. The molecule has 0 bridgehead atoms. The van der Waals surface area contributed by atoms with Gasteiger partial charge in [-0.3, -0.25) is 4.79 Å². The molecule has 27 heavy (non-hydrogen) atoms. The smallest absolute Gasteiger partial charge is 0.258 e. The Balaban J connectivity index is 2.45. The van der Waals surface area contributed by atoms with E-state index in [4.69, 9.17) is 0 Å². The lowest BCUT2D eigenvalue weighted by Crippen LogP contribution is -2.41. The van der Waals surface area contributed by atoms with Crippen LogP contribution in [0.25, 0.3) is 0 Å². The third-order valence-electron chi connectivity index (χ3n) is 3.69. The summed E-state index contributed by atoms with van der Waals surface area (Å²) >= 11 is 0. The average molecular weight is 396 g/mol. The Morgan fingerprint density at radius 3 is 2.19 bits per heavy atom. The zero-order valence-corrected chi connectivity index (χ0v) is 16.6. The van der Waals surface area contributed by atoms with Gasteiger partial charge < -0.3 is 5.32 Å². The van der Waals surface area contributed by atoms with E-state index in [2.05, 4.69) is 10.0 Å². The molecule has 0 spiro atoms. The van der Waals surface area contributed by atoms with Crippen LogP contribution in [-0.2, 0) is 10.0 Å². The Hall–Kier alpha value is -2.32. The molecule has 0 saturated heterocycles. The SMILES string of the molecule is Cc1cc(NC(=O)c2c(C)ccc(S(=O)(=O)NC(C)(C)C)c2F)ccc1F. The largest absolute Gasteiger partial charge is 0.322 e. The van der Waals surface area contributed by atoms with E-state index in [0.29, 0.717) is 5.56 Å². The van der Waals surface area contributed by atoms with Crippen molar-refractivity contribution in [3.63, 3.8) is 0 Å². The normalized spacial score (nSPS) is 12.1. The second-order valence-corrected chi connectivity index (χ2v) is 8.99. The number of hydrogen-bond acceptors (Lipinski definition) is 3. The van der Waals surface area contributed by atoms with Gasteiger partial charge in [0, 0.05) is 11.2 Å². The van der Waals surface area contributed by atoms with Gasteiger partial charge >= 0.3 is 0 Å². The van der Waals surface area contributed by atoms with E-state index in [0.717, 1.165) is 6.07 Å². The Morgan fingerprint density at radius 2 is 1.63 bits per heavy atom. The van der Waals surface area contributed by atoms with Crippen LogP contribution in [0.5, 0.6) is 0 Å². The minimum Gasteiger partial charge on any atom is -0.322 e. The molecule has 2 aromatic carbocycles. The van der Waals surface area contributed by atoms with Crippen LogP contribution in [-0.4, -0.2) is 19.9 Å². The number of benzene rings is 2. The highest BCUT2D eigenvalue weighted by Gasteiger charge is 2.28. The van der Waals surface area contributed by atoms with E-state index in [1.165, 1.54) is 38.1 Å². The van der Waals surface area contributed by atoms with Gasteiger partial charge in [-0.15, -0.1) is 0 Å². The lowest BCUT2D eigenvalue weighted by Gasteiger charge is -2.21. The minimum atomic E-state index is -4.16. The van der Waals surface area contributed by atoms with Crippen molar-refractivity contribution < 1.29 is 22.0 Å². The highest BCUT2D eigenvalue weighted by molar-refractivity contribution is 7.89. The molecular formula is C19H22F2N2O3S. The van der Waals surface area contributed by atoms with E-state index in [9.17, 15) is 22.0 Å². The van der Waals surface area contributed by atoms with Crippen LogP contribution in [0.4, 0.5) is 14.5 Å². The molecule has 0 aliphatic carbocycles. The molecule has 5 nitrogen and oxygen atoms in total. The molecule has 1 amide bonds. The summed E-state index contributed by atoms with van der Waals surface area (Å²) in [5.41, 5.74) is -0.327. The number of sulfonamides is 1. The number of aryl methyl sites for hydroxylation is 2. The second kappa shape index (κ2) is 7.36. The van der Waals surface area contributed by atoms with Gasteiger partial charge in [0.15, 0.2) is 5.82 Å². The average Bonchev–Trinajstić information content (AvgIpc) is 2.48. The van der Waals surface area contributed by atoms with Crippen molar-refractivity contribution in [2.45, 2.75) is 45.1 Å². The van der Waals surface area contributed by atoms with Crippen LogP contribution < -0.4 is 10.0 Å². The number of carbonyl (C=O) groups excluding carboxylic acids is 1. The van der Waals surface area contributed by atoms with Crippen LogP contribution in [0.3, 0.4) is 0 Å². The van der Waals surface area contributed by atoms with Crippen LogP contribution in [0.2, 0.25) is 0 Å². The summed E-state index contributed by atoms with van der Waals surface area (Å²) in [6.07, 6.45) is 0. The number of anilines is 1. The predicted molar refractivity (Wildman–Crippen MR) is 100 cm³/mol. The topological polar surface area (TPSA) is 75.3 Å². The van der Waals surface area contributed by atoms with Gasteiger partial charge in [-0.1, -0.05) is 6.07 Å². The molecule has 0 fully saturated rings. The summed E-state index contributed by atoms with van der Waals surface area (Å²) < 4.78 is 55.6. The fraction of sp³-hybridized carbons (Fsp3) is 0.316. The van der Waals surface area contributed by atoms with Crippen molar-refractivity contribution in [2.75, 3.05) is 5.32 Å². The predicted octanol–water partition coefficient (Wildman–Crippen LogP) is 3.91. The first kappa shape index (κ1) is 21.0. The minimum absolute atomic E-state index is 0.276. The van der Waals surface area contributed by atoms with Crippen LogP contribution >= 0.6 is 0 Å². The molecule has 2 rings (SSSR count). The molecule has 8 heteroatoms. The third kappa shape index (κ3) is 4.90. The number of rotatable bonds is 4. The van der Waals surface area contributed by atoms with Crippen LogP contribution in [0, 0.1) is 25.5 Å². The monoisotopic (exact) mass is 396 g/mol. The summed E-state index contributed by atoms with van der Waals surface area (Å²) in [7, 11) is -4.16. The Morgan fingerprint density at radius 1 is 1.00 bits per heavy atom. The maximum atomic E-state index is 15.0. The molecule has 0 aliphatic rings. The second-order valence-electron chi connectivity index (χ2n) is 7.34. The maximum Gasteiger partial charge on any atom is 0.258 e. The molecule has 2 N–H and O–H groups in total. The Bertz CT molecular complexity index is 997. The van der Waals surface area contributed by atoms with Crippen molar-refractivity contribution in [1.82, 2.24) is 4.72 Å². The summed E-state index contributed by atoms with van der Waals surface area (Å²) in [4.78, 5) is 11.9. The molecule has 2 aromatic rings. The van der Waals surface area contributed by atoms with Crippen molar-refractivity contribution in [3.8, 4) is 0 Å². The molecular weight excluding hydrogens is 374 g/mol. The highest BCUT2D eigenvalue weighted by Crippen LogP contribution is 2.24. The van der Waals surface area contributed by atoms with Crippen molar-refractivity contribution >= 4 is 21.6 Å². The molecule has 0 heterocycles. The van der Waals surface area contributed by atoms with E-state index < -0.39 is 38.0 Å². The lowest BCUT2D eigenvalue weighted by atomic mass is 10.1. The van der Waals surface area contributed by atoms with Crippen LogP contribution in [0.1, 0.15) is 42.3 Å². The highest BCUT2D eigenvalue weighted by atomic mass is 32.2. The molecule has 0 radical (unpaired) electrons. The van der Waals surface area contributed by atoms with Gasteiger partial charge in [-0.25, -0.2) is 21.9 Å². The summed E-state index contributed by atoms with van der Waals surface area (Å²) in [5.74, 6) is -2.39. The Kier molecular flexibility index (Phi) is 5.72. The lowest BCUT2D eigenvalue weighted by molar-refractivity contribution is 0.102. The molecule has 0 aliphatic heterocycles. The number of halogens is 2. The summed E-state index contributed by atoms with van der Waals surface area (Å²) in [5, 5.41) is 2.47. The van der Waals surface area contributed by atoms with Crippen molar-refractivity contribution in [3.05, 3.63) is 58.7 Å². The molecule has 0 aromatic heterocycles. The van der Waals surface area contributed by atoms with Gasteiger partial charge in [0.05, 0.1) is 5.56 Å². The van der Waals surface area contributed by atoms with Crippen LogP contribution in [0.15, 0.2) is 35.2 Å². The van der Waals surface area contributed by atoms with Gasteiger partial charge in [0.25, 0.3) is 5.91 Å². The molecule has 0 saturated carbocycles. The zero-order chi connectivity index (χ0) is 20.6. The fourth-order valence-corrected chi connectivity index (χ4v) is 4.02. The molecule has 0 unspecified atom stereocenters. The van der Waals surface area contributed by atoms with E-state index in [-0.39, 0.29) is 16.8 Å². The van der Waals surface area contributed by atoms with Gasteiger partial charge in [0.1, 0.15) is 10.7 Å². The van der Waals surface area contributed by atoms with Gasteiger partial charge in [-0.2, -0.15) is 0 Å². The van der Waals surface area contributed by atoms with E-state index in [1.807, 2.05) is 0 Å². The van der Waals surface area contributed by atoms with E-state index >= 15 is 0 Å². The maximum absolute atomic E-state index is 15.0. The first-order valence-corrected chi connectivity index (χ1v) is 9.71. The first-order valence-electron chi connectivity index (χ1n) is 8.22. The van der Waals surface area contributed by atoms with Crippen molar-refractivity contribution in [2.24, 2.45) is 0 Å². The van der Waals surface area contributed by atoms with Gasteiger partial charge in [0.2, 0.25) is 10.0 Å². The first-order chi connectivity index (χ1) is 12.3. The summed E-state index contributed by atoms with van der Waals surface area (Å²) in [6, 6.07) is 6.42. The fourth-order valence-electron chi connectivity index (χ4n) is 2.51. The van der Waals surface area contributed by atoms with E-state index in [1.54, 1.807) is 20.8 Å². The third-order valence-corrected chi connectivity index (χ3v) is 5.46. The number of nitrogens with one attached hydrogen (secondary N) is 2. The Labute approximate surface area is 157 Å².